The highest BCUT2D eigenvalue weighted by atomic mass is 35.5. The number of benzene rings is 2. The first-order chi connectivity index (χ1) is 15.4. The van der Waals surface area contributed by atoms with Gasteiger partial charge in [0, 0.05) is 16.6 Å². The Kier molecular flexibility index (Phi) is 6.30. The van der Waals surface area contributed by atoms with Gasteiger partial charge in [-0.05, 0) is 43.3 Å². The summed E-state index contributed by atoms with van der Waals surface area (Å²) >= 11 is 7.40. The molecule has 0 saturated carbocycles. The second-order valence-electron chi connectivity index (χ2n) is 6.94. The van der Waals surface area contributed by atoms with Crippen LogP contribution in [0.25, 0.3) is 21.5 Å². The molecule has 0 aliphatic rings. The zero-order valence-corrected chi connectivity index (χ0v) is 18.5. The lowest BCUT2D eigenvalue weighted by Gasteiger charge is -2.10. The summed E-state index contributed by atoms with van der Waals surface area (Å²) in [7, 11) is 0. The molecule has 2 heterocycles. The molecule has 1 amide bonds. The second-order valence-corrected chi connectivity index (χ2v) is 8.65. The molecule has 0 bridgehead atoms. The topological polar surface area (TPSA) is 85.4 Å². The average molecular weight is 465 g/mol. The van der Waals surface area contributed by atoms with Gasteiger partial charge in [0.05, 0.1) is 26.0 Å². The Bertz CT molecular complexity index is 1350. The summed E-state index contributed by atoms with van der Waals surface area (Å²) in [5.74, 6) is -1.26. The van der Waals surface area contributed by atoms with Crippen molar-refractivity contribution in [3.8, 4) is 10.6 Å². The van der Waals surface area contributed by atoms with Gasteiger partial charge in [-0.25, -0.2) is 9.78 Å². The maximum Gasteiger partial charge on any atom is 0.339 e. The molecule has 0 fully saturated rings. The van der Waals surface area contributed by atoms with Crippen LogP contribution in [0.4, 0.5) is 5.69 Å². The number of thiophene rings is 1. The van der Waals surface area contributed by atoms with E-state index in [1.54, 1.807) is 54.6 Å². The van der Waals surface area contributed by atoms with Crippen molar-refractivity contribution in [3.63, 3.8) is 0 Å². The van der Waals surface area contributed by atoms with E-state index in [1.807, 2.05) is 12.1 Å². The van der Waals surface area contributed by atoms with E-state index < -0.39 is 18.5 Å². The molecule has 1 N–H and O–H groups in total. The monoisotopic (exact) mass is 464 g/mol. The molecule has 0 aliphatic carbocycles. The highest BCUT2D eigenvalue weighted by molar-refractivity contribution is 7.19. The van der Waals surface area contributed by atoms with Gasteiger partial charge in [-0.15, -0.1) is 11.3 Å². The van der Waals surface area contributed by atoms with Gasteiger partial charge in [-0.3, -0.25) is 9.59 Å². The number of hydrogen-bond acceptors (Lipinski definition) is 6. The van der Waals surface area contributed by atoms with Gasteiger partial charge in [-0.2, -0.15) is 0 Å². The number of para-hydroxylation sites is 1. The molecule has 160 valence electrons. The third-order valence-electron chi connectivity index (χ3n) is 4.65. The Hall–Kier alpha value is -3.55. The van der Waals surface area contributed by atoms with Crippen LogP contribution in [0.5, 0.6) is 0 Å². The van der Waals surface area contributed by atoms with Gasteiger partial charge in [-0.1, -0.05) is 41.9 Å². The van der Waals surface area contributed by atoms with E-state index in [9.17, 15) is 14.4 Å². The van der Waals surface area contributed by atoms with Crippen LogP contribution in [-0.2, 0) is 9.53 Å². The first-order valence-corrected chi connectivity index (χ1v) is 10.8. The van der Waals surface area contributed by atoms with Crippen molar-refractivity contribution >= 4 is 57.2 Å². The van der Waals surface area contributed by atoms with Crippen molar-refractivity contribution in [3.05, 3.63) is 82.2 Å². The molecular weight excluding hydrogens is 448 g/mol. The number of nitrogens with zero attached hydrogens (tertiary/aromatic N) is 1. The summed E-state index contributed by atoms with van der Waals surface area (Å²) in [6.07, 6.45) is 0. The maximum atomic E-state index is 12.9. The highest BCUT2D eigenvalue weighted by Crippen LogP contribution is 2.32. The number of amides is 1. The summed E-state index contributed by atoms with van der Waals surface area (Å²) in [4.78, 5) is 42.1. The largest absolute Gasteiger partial charge is 0.452 e. The van der Waals surface area contributed by atoms with Crippen LogP contribution in [0.15, 0.2) is 66.7 Å². The van der Waals surface area contributed by atoms with E-state index >= 15 is 0 Å². The number of rotatable bonds is 6. The van der Waals surface area contributed by atoms with Crippen molar-refractivity contribution in [2.75, 3.05) is 11.9 Å². The number of carbonyl (C=O) groups is 3. The third kappa shape index (κ3) is 4.85. The van der Waals surface area contributed by atoms with Crippen LogP contribution in [0.2, 0.25) is 4.34 Å². The SMILES string of the molecule is CC(=O)c1cccc(NC(=O)COC(=O)c2cc(-c3ccc(Cl)s3)nc3ccccc23)c1. The molecule has 2 aromatic carbocycles. The van der Waals surface area contributed by atoms with Crippen LogP contribution >= 0.6 is 22.9 Å². The number of carbonyl (C=O) groups excluding carboxylic acids is 3. The minimum absolute atomic E-state index is 0.111. The van der Waals surface area contributed by atoms with Crippen molar-refractivity contribution < 1.29 is 19.1 Å². The molecular formula is C24H17ClN2O4S. The molecule has 0 spiro atoms. The van der Waals surface area contributed by atoms with Gasteiger partial charge in [0.25, 0.3) is 5.91 Å². The molecule has 0 saturated heterocycles. The van der Waals surface area contributed by atoms with Gasteiger partial charge >= 0.3 is 5.97 Å². The van der Waals surface area contributed by atoms with E-state index in [4.69, 9.17) is 16.3 Å². The molecule has 0 radical (unpaired) electrons. The van der Waals surface area contributed by atoms with Crippen molar-refractivity contribution in [2.45, 2.75) is 6.92 Å². The van der Waals surface area contributed by atoms with Crippen LogP contribution in [0.1, 0.15) is 27.6 Å². The number of anilines is 1. The summed E-state index contributed by atoms with van der Waals surface area (Å²) < 4.78 is 5.89. The zero-order chi connectivity index (χ0) is 22.7. The average Bonchev–Trinajstić information content (AvgIpc) is 3.23. The molecule has 6 nitrogen and oxygen atoms in total. The van der Waals surface area contributed by atoms with Gasteiger partial charge in [0.15, 0.2) is 12.4 Å². The molecule has 8 heteroatoms. The Morgan fingerprint density at radius 3 is 2.59 bits per heavy atom. The van der Waals surface area contributed by atoms with Gasteiger partial charge in [0.2, 0.25) is 0 Å². The third-order valence-corrected chi connectivity index (χ3v) is 5.90. The second kappa shape index (κ2) is 9.30. The summed E-state index contributed by atoms with van der Waals surface area (Å²) in [5, 5.41) is 3.25. The Labute approximate surface area is 192 Å². The number of Topliss-reactive ketones (excluding diaryl/α,β-unsaturated/α-hetero) is 1. The zero-order valence-electron chi connectivity index (χ0n) is 16.9. The minimum Gasteiger partial charge on any atom is -0.452 e. The normalized spacial score (nSPS) is 10.7. The van der Waals surface area contributed by atoms with Crippen molar-refractivity contribution in [1.29, 1.82) is 0 Å². The lowest BCUT2D eigenvalue weighted by atomic mass is 10.1. The van der Waals surface area contributed by atoms with E-state index in [1.165, 1.54) is 18.3 Å². The van der Waals surface area contributed by atoms with Gasteiger partial charge < -0.3 is 10.1 Å². The first kappa shape index (κ1) is 21.7. The molecule has 2 aromatic heterocycles. The Morgan fingerprint density at radius 2 is 1.84 bits per heavy atom. The predicted molar refractivity (Wildman–Crippen MR) is 125 cm³/mol. The lowest BCUT2D eigenvalue weighted by Crippen LogP contribution is -2.21. The number of nitrogens with one attached hydrogen (secondary N) is 1. The summed E-state index contributed by atoms with van der Waals surface area (Å²) in [6.45, 7) is 0.972. The molecule has 0 atom stereocenters. The van der Waals surface area contributed by atoms with Crippen LogP contribution in [-0.4, -0.2) is 29.3 Å². The molecule has 0 aliphatic heterocycles. The van der Waals surface area contributed by atoms with Crippen molar-refractivity contribution in [2.24, 2.45) is 0 Å². The van der Waals surface area contributed by atoms with Gasteiger partial charge in [0.1, 0.15) is 0 Å². The Morgan fingerprint density at radius 1 is 1.03 bits per heavy atom. The number of pyridine rings is 1. The molecule has 32 heavy (non-hydrogen) atoms. The smallest absolute Gasteiger partial charge is 0.339 e. The van der Waals surface area contributed by atoms with Crippen LogP contribution in [0.3, 0.4) is 0 Å². The lowest BCUT2D eigenvalue weighted by molar-refractivity contribution is -0.119. The van der Waals surface area contributed by atoms with E-state index in [2.05, 4.69) is 10.3 Å². The van der Waals surface area contributed by atoms with Crippen molar-refractivity contribution in [1.82, 2.24) is 4.98 Å². The van der Waals surface area contributed by atoms with Crippen LogP contribution < -0.4 is 5.32 Å². The molecule has 0 unspecified atom stereocenters. The number of aromatic nitrogens is 1. The number of esters is 1. The maximum absolute atomic E-state index is 12.9. The fourth-order valence-corrected chi connectivity index (χ4v) is 4.15. The Balaban J connectivity index is 1.53. The van der Waals surface area contributed by atoms with E-state index in [0.29, 0.717) is 37.7 Å². The van der Waals surface area contributed by atoms with E-state index in [-0.39, 0.29) is 5.78 Å². The molecule has 4 aromatic rings. The van der Waals surface area contributed by atoms with Crippen LogP contribution in [0, 0.1) is 0 Å². The standard InChI is InChI=1S/C24H17ClN2O4S/c1-14(28)15-5-4-6-16(11-15)26-23(29)13-31-24(30)18-12-20(21-9-10-22(25)32-21)27-19-8-3-2-7-17(18)19/h2-12H,13H2,1H3,(H,26,29). The number of halogens is 1. The number of fused-ring (bicyclic) bond motifs is 1. The number of ketones is 1. The summed E-state index contributed by atoms with van der Waals surface area (Å²) in [6, 6.07) is 19.0. The first-order valence-electron chi connectivity index (χ1n) is 9.64. The highest BCUT2D eigenvalue weighted by Gasteiger charge is 2.17. The fraction of sp³-hybridized carbons (Fsp3) is 0.0833. The number of hydrogen-bond donors (Lipinski definition) is 1. The predicted octanol–water partition coefficient (Wildman–Crippen LogP) is 5.61. The molecule has 4 rings (SSSR count). The number of ether oxygens (including phenoxy) is 1. The quantitative estimate of drug-likeness (QED) is 0.296. The fourth-order valence-electron chi connectivity index (χ4n) is 3.14. The minimum atomic E-state index is -0.639. The summed E-state index contributed by atoms with van der Waals surface area (Å²) in [5.41, 5.74) is 2.46. The van der Waals surface area contributed by atoms with E-state index in [0.717, 1.165) is 4.88 Å².